The molecule has 0 saturated heterocycles. The Bertz CT molecular complexity index is 1310. The molecule has 0 bridgehead atoms. The lowest BCUT2D eigenvalue weighted by Gasteiger charge is -2.16. The third kappa shape index (κ3) is 4.46. The summed E-state index contributed by atoms with van der Waals surface area (Å²) >= 11 is 5.97. The summed E-state index contributed by atoms with van der Waals surface area (Å²) in [4.78, 5) is 42.7. The molecular formula is C18H11ClF4N4O5. The summed E-state index contributed by atoms with van der Waals surface area (Å²) in [5.41, 5.74) is -5.09. The van der Waals surface area contributed by atoms with E-state index in [1.165, 1.54) is 0 Å². The number of carbonyl (C=O) groups excluding carboxylic acids is 1. The minimum absolute atomic E-state index is 0.151. The largest absolute Gasteiger partial charge is 0.467 e. The third-order valence-electron chi connectivity index (χ3n) is 4.01. The predicted molar refractivity (Wildman–Crippen MR) is 101 cm³/mol. The number of alkyl halides is 3. The van der Waals surface area contributed by atoms with E-state index in [2.05, 4.69) is 9.97 Å². The number of rotatable bonds is 6. The van der Waals surface area contributed by atoms with Gasteiger partial charge >= 0.3 is 11.9 Å². The zero-order valence-electron chi connectivity index (χ0n) is 15.9. The molecule has 3 aromatic rings. The molecule has 0 amide bonds. The lowest BCUT2D eigenvalue weighted by molar-refractivity contribution is -0.144. The zero-order valence-corrected chi connectivity index (χ0v) is 16.6. The molecule has 0 saturated carbocycles. The average molecular weight is 475 g/mol. The maximum Gasteiger partial charge on any atom is 0.431 e. The molecule has 14 heteroatoms. The molecule has 0 N–H and O–H groups in total. The second kappa shape index (κ2) is 8.78. The number of aromatic nitrogens is 4. The van der Waals surface area contributed by atoms with E-state index < -0.39 is 34.6 Å². The molecule has 0 aliphatic heterocycles. The summed E-state index contributed by atoms with van der Waals surface area (Å²) in [6, 6.07) is 1.70. The van der Waals surface area contributed by atoms with Crippen molar-refractivity contribution in [2.75, 3.05) is 6.61 Å². The maximum atomic E-state index is 14.6. The molecule has 2 aromatic heterocycles. The Morgan fingerprint density at radius 1 is 1.19 bits per heavy atom. The molecule has 0 aliphatic carbocycles. The van der Waals surface area contributed by atoms with E-state index in [0.717, 1.165) is 25.6 Å². The van der Waals surface area contributed by atoms with Gasteiger partial charge in [0.2, 0.25) is 5.75 Å². The Labute approximate surface area is 180 Å². The molecule has 0 radical (unpaired) electrons. The molecule has 2 heterocycles. The number of hydrogen-bond donors (Lipinski definition) is 0. The van der Waals surface area contributed by atoms with Crippen LogP contribution < -0.4 is 20.7 Å². The van der Waals surface area contributed by atoms with Crippen molar-refractivity contribution in [3.05, 3.63) is 68.1 Å². The second-order valence-electron chi connectivity index (χ2n) is 6.05. The van der Waals surface area contributed by atoms with Gasteiger partial charge in [-0.05, 0) is 6.07 Å². The molecule has 9 nitrogen and oxygen atoms in total. The molecule has 168 valence electrons. The summed E-state index contributed by atoms with van der Waals surface area (Å²) in [7, 11) is 0.782. The highest BCUT2D eigenvalue weighted by molar-refractivity contribution is 6.32. The van der Waals surface area contributed by atoms with E-state index in [-0.39, 0.29) is 44.2 Å². The summed E-state index contributed by atoms with van der Waals surface area (Å²) in [5.74, 6) is -1.80. The molecule has 32 heavy (non-hydrogen) atoms. The quantitative estimate of drug-likeness (QED) is 0.399. The smallest absolute Gasteiger partial charge is 0.431 e. The van der Waals surface area contributed by atoms with E-state index in [0.29, 0.717) is 12.4 Å². The van der Waals surface area contributed by atoms with Crippen LogP contribution in [0.4, 0.5) is 17.6 Å². The first kappa shape index (κ1) is 22.9. The van der Waals surface area contributed by atoms with Crippen molar-refractivity contribution in [2.45, 2.75) is 6.18 Å². The molecular weight excluding hydrogens is 464 g/mol. The standard InChI is InChI=1S/C18H11ClF4N4O5/c1-26-14(18(21,22)23)6-15(29)27(17(26)30)11-5-12(9(19)4-10(11)20)32-13-7-24-8-25-16(13)31-3-2-28/h2,4-8H,3H2,1H3. The minimum Gasteiger partial charge on any atom is -0.467 e. The summed E-state index contributed by atoms with van der Waals surface area (Å²) in [6.07, 6.45) is -2.31. The lowest BCUT2D eigenvalue weighted by Crippen LogP contribution is -2.41. The number of ether oxygens (including phenoxy) is 2. The van der Waals surface area contributed by atoms with Crippen LogP contribution in [0.2, 0.25) is 5.02 Å². The van der Waals surface area contributed by atoms with Gasteiger partial charge < -0.3 is 9.47 Å². The van der Waals surface area contributed by atoms with Gasteiger partial charge in [0.15, 0.2) is 6.29 Å². The number of carbonyl (C=O) groups is 1. The third-order valence-corrected chi connectivity index (χ3v) is 4.30. The van der Waals surface area contributed by atoms with Gasteiger partial charge in [0.25, 0.3) is 11.4 Å². The van der Waals surface area contributed by atoms with E-state index in [9.17, 15) is 31.9 Å². The average Bonchev–Trinajstić information content (AvgIpc) is 2.72. The first-order chi connectivity index (χ1) is 15.0. The molecule has 0 spiro atoms. The topological polar surface area (TPSA) is 105 Å². The molecule has 3 rings (SSSR count). The zero-order chi connectivity index (χ0) is 23.6. The Balaban J connectivity index is 2.14. The van der Waals surface area contributed by atoms with Crippen LogP contribution in [-0.2, 0) is 18.0 Å². The van der Waals surface area contributed by atoms with Crippen molar-refractivity contribution in [1.29, 1.82) is 0 Å². The number of hydrogen-bond acceptors (Lipinski definition) is 7. The van der Waals surface area contributed by atoms with Crippen LogP contribution in [0.25, 0.3) is 5.69 Å². The molecule has 0 unspecified atom stereocenters. The summed E-state index contributed by atoms with van der Waals surface area (Å²) in [6.45, 7) is -0.368. The fourth-order valence-corrected chi connectivity index (χ4v) is 2.79. The van der Waals surface area contributed by atoms with Gasteiger partial charge in [-0.25, -0.2) is 18.7 Å². The van der Waals surface area contributed by atoms with Gasteiger partial charge in [-0.2, -0.15) is 18.2 Å². The van der Waals surface area contributed by atoms with Crippen molar-refractivity contribution >= 4 is 17.9 Å². The van der Waals surface area contributed by atoms with E-state index in [1.54, 1.807) is 0 Å². The SMILES string of the molecule is Cn1c(C(F)(F)F)cc(=O)n(-c2cc(Oc3cncnc3OCC=O)c(Cl)cc2F)c1=O. The molecule has 0 atom stereocenters. The highest BCUT2D eigenvalue weighted by atomic mass is 35.5. The van der Waals surface area contributed by atoms with Gasteiger partial charge in [0.05, 0.1) is 16.9 Å². The highest BCUT2D eigenvalue weighted by Crippen LogP contribution is 2.35. The normalized spacial score (nSPS) is 11.3. The number of nitrogens with zero attached hydrogens (tertiary/aromatic N) is 4. The van der Waals surface area contributed by atoms with Crippen LogP contribution in [0.5, 0.6) is 17.4 Å². The van der Waals surface area contributed by atoms with Gasteiger partial charge in [-0.3, -0.25) is 14.2 Å². The van der Waals surface area contributed by atoms with Gasteiger partial charge in [0.1, 0.15) is 30.2 Å². The number of aldehydes is 1. The number of benzene rings is 1. The van der Waals surface area contributed by atoms with E-state index in [4.69, 9.17) is 21.1 Å². The van der Waals surface area contributed by atoms with Crippen molar-refractivity contribution in [3.63, 3.8) is 0 Å². The number of halogens is 5. The monoisotopic (exact) mass is 474 g/mol. The first-order valence-corrected chi connectivity index (χ1v) is 8.86. The first-order valence-electron chi connectivity index (χ1n) is 8.48. The molecule has 1 aromatic carbocycles. The van der Waals surface area contributed by atoms with Crippen LogP contribution in [0.3, 0.4) is 0 Å². The Morgan fingerprint density at radius 3 is 2.56 bits per heavy atom. The van der Waals surface area contributed by atoms with Gasteiger partial charge in [-0.15, -0.1) is 0 Å². The molecule has 0 fully saturated rings. The predicted octanol–water partition coefficient (Wildman–Crippen LogP) is 2.51. The summed E-state index contributed by atoms with van der Waals surface area (Å²) < 4.78 is 64.6. The Hall–Kier alpha value is -3.74. The summed E-state index contributed by atoms with van der Waals surface area (Å²) in [5, 5.41) is -0.312. The lowest BCUT2D eigenvalue weighted by atomic mass is 10.2. The van der Waals surface area contributed by atoms with Crippen LogP contribution in [-0.4, -0.2) is 32.0 Å². The van der Waals surface area contributed by atoms with Gasteiger partial charge in [-0.1, -0.05) is 11.6 Å². The van der Waals surface area contributed by atoms with Crippen LogP contribution in [0, 0.1) is 5.82 Å². The van der Waals surface area contributed by atoms with Crippen molar-refractivity contribution in [2.24, 2.45) is 7.05 Å². The second-order valence-corrected chi connectivity index (χ2v) is 6.46. The van der Waals surface area contributed by atoms with Crippen molar-refractivity contribution in [3.8, 4) is 23.1 Å². The van der Waals surface area contributed by atoms with Crippen LogP contribution >= 0.6 is 11.6 Å². The van der Waals surface area contributed by atoms with E-state index >= 15 is 0 Å². The van der Waals surface area contributed by atoms with E-state index in [1.807, 2.05) is 0 Å². The van der Waals surface area contributed by atoms with Crippen LogP contribution in [0.15, 0.2) is 40.3 Å². The fraction of sp³-hybridized carbons (Fsp3) is 0.167. The Morgan fingerprint density at radius 2 is 1.91 bits per heavy atom. The Kier molecular flexibility index (Phi) is 6.30. The fourth-order valence-electron chi connectivity index (χ4n) is 2.60. The maximum absolute atomic E-state index is 14.6. The molecule has 0 aliphatic rings. The van der Waals surface area contributed by atoms with Crippen molar-refractivity contribution in [1.82, 2.24) is 19.1 Å². The van der Waals surface area contributed by atoms with Crippen LogP contribution in [0.1, 0.15) is 5.69 Å². The van der Waals surface area contributed by atoms with Gasteiger partial charge in [0, 0.05) is 19.2 Å². The highest BCUT2D eigenvalue weighted by Gasteiger charge is 2.35. The minimum atomic E-state index is -4.98. The van der Waals surface area contributed by atoms with Crippen molar-refractivity contribution < 1.29 is 31.8 Å².